The number of nitrogens with two attached hydrogens (primary N) is 1. The first kappa shape index (κ1) is 19.4. The minimum atomic E-state index is 0. The minimum Gasteiger partial charge on any atom is -0.327 e. The molecule has 0 saturated carbocycles. The van der Waals surface area contributed by atoms with Gasteiger partial charge in [-0.15, -0.1) is 23.7 Å². The Hall–Kier alpha value is -0.690. The average Bonchev–Trinajstić information content (AvgIpc) is 2.82. The van der Waals surface area contributed by atoms with Crippen molar-refractivity contribution in [1.29, 1.82) is 0 Å². The molecule has 1 atom stereocenters. The van der Waals surface area contributed by atoms with Crippen LogP contribution in [0.4, 0.5) is 5.13 Å². The van der Waals surface area contributed by atoms with E-state index in [-0.39, 0.29) is 29.8 Å². The molecule has 0 bridgehead atoms. The van der Waals surface area contributed by atoms with Crippen LogP contribution in [0.2, 0.25) is 0 Å². The zero-order valence-electron chi connectivity index (χ0n) is 13.8. The second-order valence-corrected chi connectivity index (χ2v) is 7.32. The number of piperidine rings is 1. The monoisotopic (exact) mass is 346 g/mol. The summed E-state index contributed by atoms with van der Waals surface area (Å²) in [6.07, 6.45) is 1.03. The van der Waals surface area contributed by atoms with Gasteiger partial charge in [0.1, 0.15) is 0 Å². The van der Waals surface area contributed by atoms with E-state index in [9.17, 15) is 4.79 Å². The van der Waals surface area contributed by atoms with E-state index in [0.717, 1.165) is 36.9 Å². The van der Waals surface area contributed by atoms with Gasteiger partial charge in [0.15, 0.2) is 5.13 Å². The summed E-state index contributed by atoms with van der Waals surface area (Å²) in [5.41, 5.74) is 7.37. The molecule has 1 aliphatic rings. The van der Waals surface area contributed by atoms with Gasteiger partial charge in [-0.3, -0.25) is 14.6 Å². The summed E-state index contributed by atoms with van der Waals surface area (Å²) in [7, 11) is 0. The molecule has 0 spiro atoms. The molecule has 1 saturated heterocycles. The molecular formula is C15H27ClN4OS. The quantitative estimate of drug-likeness (QED) is 0.909. The van der Waals surface area contributed by atoms with Gasteiger partial charge in [-0.05, 0) is 18.8 Å². The van der Waals surface area contributed by atoms with Crippen LogP contribution in [-0.4, -0.2) is 41.5 Å². The maximum absolute atomic E-state index is 11.6. The summed E-state index contributed by atoms with van der Waals surface area (Å²) in [6, 6.07) is 0.271. The van der Waals surface area contributed by atoms with Crippen molar-refractivity contribution in [2.45, 2.75) is 46.7 Å². The molecule has 1 fully saturated rings. The third-order valence-corrected chi connectivity index (χ3v) is 5.16. The Morgan fingerprint density at radius 2 is 2.27 bits per heavy atom. The zero-order chi connectivity index (χ0) is 15.6. The van der Waals surface area contributed by atoms with Gasteiger partial charge in [-0.25, -0.2) is 4.98 Å². The molecular weight excluding hydrogens is 320 g/mol. The Kier molecular flexibility index (Phi) is 6.80. The van der Waals surface area contributed by atoms with E-state index in [1.54, 1.807) is 23.2 Å². The van der Waals surface area contributed by atoms with Crippen molar-refractivity contribution in [3.8, 4) is 0 Å². The van der Waals surface area contributed by atoms with Crippen LogP contribution in [0.3, 0.4) is 0 Å². The minimum absolute atomic E-state index is 0. The van der Waals surface area contributed by atoms with Gasteiger partial charge in [0.25, 0.3) is 0 Å². The van der Waals surface area contributed by atoms with E-state index in [1.807, 2.05) is 6.92 Å². The predicted octanol–water partition coefficient (Wildman–Crippen LogP) is 2.50. The third kappa shape index (κ3) is 4.41. The number of carbonyl (C=O) groups is 1. The first-order valence-electron chi connectivity index (χ1n) is 7.54. The van der Waals surface area contributed by atoms with Crippen molar-refractivity contribution >= 4 is 34.8 Å². The van der Waals surface area contributed by atoms with Gasteiger partial charge in [-0.2, -0.15) is 0 Å². The van der Waals surface area contributed by atoms with Gasteiger partial charge < -0.3 is 5.73 Å². The molecule has 1 aromatic heterocycles. The molecule has 5 nitrogen and oxygen atoms in total. The lowest BCUT2D eigenvalue weighted by Crippen LogP contribution is -2.52. The number of thiazole rings is 1. The highest BCUT2D eigenvalue weighted by molar-refractivity contribution is 7.14. The van der Waals surface area contributed by atoms with E-state index in [0.29, 0.717) is 6.54 Å². The van der Waals surface area contributed by atoms with Crippen molar-refractivity contribution in [1.82, 2.24) is 9.88 Å². The zero-order valence-corrected chi connectivity index (χ0v) is 15.5. The largest absolute Gasteiger partial charge is 0.327 e. The Morgan fingerprint density at radius 1 is 1.59 bits per heavy atom. The van der Waals surface area contributed by atoms with Crippen LogP contribution in [0.25, 0.3) is 0 Å². The van der Waals surface area contributed by atoms with E-state index >= 15 is 0 Å². The van der Waals surface area contributed by atoms with Gasteiger partial charge >= 0.3 is 0 Å². The molecule has 7 heteroatoms. The molecule has 0 aromatic carbocycles. The Balaban J connectivity index is 0.00000242. The normalized spacial score (nSPS) is 21.2. The SMILES string of the molecule is CCN(C(C)=O)c1nc(CN2CCC(N)C(C)(C)C2)cs1.Cl. The topological polar surface area (TPSA) is 62.5 Å². The number of amides is 1. The molecule has 2 N–H and O–H groups in total. The summed E-state index contributed by atoms with van der Waals surface area (Å²) < 4.78 is 0. The highest BCUT2D eigenvalue weighted by Crippen LogP contribution is 2.29. The van der Waals surface area contributed by atoms with Crippen LogP contribution in [0.1, 0.15) is 39.8 Å². The highest BCUT2D eigenvalue weighted by atomic mass is 35.5. The molecule has 2 heterocycles. The maximum atomic E-state index is 11.6. The van der Waals surface area contributed by atoms with Crippen molar-refractivity contribution in [2.24, 2.45) is 11.1 Å². The molecule has 0 aliphatic carbocycles. The van der Waals surface area contributed by atoms with Gasteiger partial charge in [0, 0.05) is 44.5 Å². The summed E-state index contributed by atoms with van der Waals surface area (Å²) >= 11 is 1.54. The molecule has 126 valence electrons. The van der Waals surface area contributed by atoms with E-state index in [4.69, 9.17) is 5.73 Å². The van der Waals surface area contributed by atoms with Crippen LogP contribution < -0.4 is 10.6 Å². The molecule has 1 aliphatic heterocycles. The fraction of sp³-hybridized carbons (Fsp3) is 0.733. The lowest BCUT2D eigenvalue weighted by atomic mass is 9.80. The number of halogens is 1. The lowest BCUT2D eigenvalue weighted by Gasteiger charge is -2.42. The molecule has 22 heavy (non-hydrogen) atoms. The van der Waals surface area contributed by atoms with Crippen molar-refractivity contribution < 1.29 is 4.79 Å². The van der Waals surface area contributed by atoms with Crippen LogP contribution in [-0.2, 0) is 11.3 Å². The highest BCUT2D eigenvalue weighted by Gasteiger charge is 2.33. The summed E-state index contributed by atoms with van der Waals surface area (Å²) in [4.78, 5) is 20.3. The first-order valence-corrected chi connectivity index (χ1v) is 8.42. The van der Waals surface area contributed by atoms with E-state index in [1.165, 1.54) is 0 Å². The van der Waals surface area contributed by atoms with Crippen molar-refractivity contribution in [3.63, 3.8) is 0 Å². The second-order valence-electron chi connectivity index (χ2n) is 6.48. The van der Waals surface area contributed by atoms with E-state index in [2.05, 4.69) is 29.1 Å². The fourth-order valence-electron chi connectivity index (χ4n) is 2.83. The average molecular weight is 347 g/mol. The molecule has 1 aromatic rings. The predicted molar refractivity (Wildman–Crippen MR) is 94.7 cm³/mol. The van der Waals surface area contributed by atoms with Crippen LogP contribution in [0.5, 0.6) is 0 Å². The molecule has 1 amide bonds. The maximum Gasteiger partial charge on any atom is 0.225 e. The standard InChI is InChI=1S/C15H26N4OS.ClH/c1-5-19(11(2)20)14-17-12(9-21-14)8-18-7-6-13(16)15(3,4)10-18;/h9,13H,5-8,10,16H2,1-4H3;1H. The van der Waals surface area contributed by atoms with Gasteiger partial charge in [-0.1, -0.05) is 13.8 Å². The Bertz CT molecular complexity index is 505. The number of rotatable bonds is 4. The molecule has 2 rings (SSSR count). The number of nitrogens with zero attached hydrogens (tertiary/aromatic N) is 3. The van der Waals surface area contributed by atoms with Gasteiger partial charge in [0.05, 0.1) is 5.69 Å². The van der Waals surface area contributed by atoms with Crippen LogP contribution in [0.15, 0.2) is 5.38 Å². The molecule has 0 radical (unpaired) electrons. The van der Waals surface area contributed by atoms with Crippen LogP contribution >= 0.6 is 23.7 Å². The lowest BCUT2D eigenvalue weighted by molar-refractivity contribution is -0.116. The third-order valence-electron chi connectivity index (χ3n) is 4.24. The van der Waals surface area contributed by atoms with Crippen molar-refractivity contribution in [3.05, 3.63) is 11.1 Å². The first-order chi connectivity index (χ1) is 9.83. The number of likely N-dealkylation sites (tertiary alicyclic amines) is 1. The Morgan fingerprint density at radius 3 is 2.82 bits per heavy atom. The number of carbonyl (C=O) groups excluding carboxylic acids is 1. The summed E-state index contributed by atoms with van der Waals surface area (Å²) in [5, 5.41) is 2.86. The fourth-order valence-corrected chi connectivity index (χ4v) is 3.76. The number of hydrogen-bond acceptors (Lipinski definition) is 5. The summed E-state index contributed by atoms with van der Waals surface area (Å²) in [6.45, 7) is 11.5. The smallest absolute Gasteiger partial charge is 0.225 e. The van der Waals surface area contributed by atoms with Crippen LogP contribution in [0, 0.1) is 5.41 Å². The number of hydrogen-bond donors (Lipinski definition) is 1. The van der Waals surface area contributed by atoms with Gasteiger partial charge in [0.2, 0.25) is 5.91 Å². The second kappa shape index (κ2) is 7.73. The Labute approximate surface area is 143 Å². The van der Waals surface area contributed by atoms with E-state index < -0.39 is 0 Å². The number of anilines is 1. The number of aromatic nitrogens is 1. The summed E-state index contributed by atoms with van der Waals surface area (Å²) in [5.74, 6) is 0.0449. The van der Waals surface area contributed by atoms with Crippen molar-refractivity contribution in [2.75, 3.05) is 24.5 Å². The molecule has 1 unspecified atom stereocenters.